The first kappa shape index (κ1) is 108. The summed E-state index contributed by atoms with van der Waals surface area (Å²) < 4.78 is 0. The zero-order valence-electron chi connectivity index (χ0n) is 75.3. The largest absolute Gasteiger partial charge is 0.507 e. The first-order valence-electron chi connectivity index (χ1n) is 42.9. The van der Waals surface area contributed by atoms with E-state index in [1.807, 2.05) is 90.9 Å². The first-order chi connectivity index (χ1) is 60.9. The maximum absolute atomic E-state index is 10.2. The third kappa shape index (κ3) is 30.9. The number of aliphatic hydroxyl groups is 16. The fourth-order valence-corrected chi connectivity index (χ4v) is 15.6. The van der Waals surface area contributed by atoms with Crippen molar-refractivity contribution in [1.29, 1.82) is 0 Å². The molecule has 0 amide bonds. The lowest BCUT2D eigenvalue weighted by molar-refractivity contribution is 0.262. The van der Waals surface area contributed by atoms with E-state index in [0.29, 0.717) is 126 Å². The van der Waals surface area contributed by atoms with Gasteiger partial charge >= 0.3 is 0 Å². The van der Waals surface area contributed by atoms with E-state index in [0.717, 1.165) is 85.2 Å². The lowest BCUT2D eigenvalue weighted by Gasteiger charge is -2.24. The van der Waals surface area contributed by atoms with Crippen LogP contribution in [0.3, 0.4) is 0 Å². The van der Waals surface area contributed by atoms with Gasteiger partial charge in [-0.3, -0.25) is 0 Å². The van der Waals surface area contributed by atoms with E-state index >= 15 is 0 Å². The number of benzene rings is 10. The molecule has 128 heavy (non-hydrogen) atoms. The topological polar surface area (TPSA) is 526 Å². The summed E-state index contributed by atoms with van der Waals surface area (Å²) in [4.78, 5) is 0. The highest BCUT2D eigenvalue weighted by Crippen LogP contribution is 2.42. The van der Waals surface area contributed by atoms with Crippen molar-refractivity contribution in [1.82, 2.24) is 0 Å². The molecular formula is C102H136O26. The summed E-state index contributed by atoms with van der Waals surface area (Å²) in [6, 6.07) is 35.2. The van der Waals surface area contributed by atoms with Gasteiger partial charge in [0.05, 0.1) is 106 Å². The van der Waals surface area contributed by atoms with Crippen LogP contribution in [0, 0.1) is 41.5 Å². The average molecular weight is 1780 g/mol. The van der Waals surface area contributed by atoms with E-state index in [1.54, 1.807) is 99.6 Å². The fraction of sp³-hybridized carbons (Fsp3) is 0.412. The minimum absolute atomic E-state index is 0.00648. The van der Waals surface area contributed by atoms with Crippen LogP contribution in [-0.2, 0) is 130 Å². The van der Waals surface area contributed by atoms with Crippen molar-refractivity contribution in [3.05, 3.63) is 288 Å². The van der Waals surface area contributed by atoms with Crippen LogP contribution >= 0.6 is 0 Å². The lowest BCUT2D eigenvalue weighted by Crippen LogP contribution is -2.12. The Balaban J connectivity index is 0.000000261. The van der Waals surface area contributed by atoms with E-state index in [9.17, 15) is 91.9 Å². The molecule has 0 radical (unpaired) electrons. The Morgan fingerprint density at radius 1 is 0.227 bits per heavy atom. The van der Waals surface area contributed by atoms with Gasteiger partial charge in [0.1, 0.15) is 57.5 Å². The molecule has 10 aromatic rings. The molecule has 12 rings (SSSR count). The molecule has 0 heterocycles. The number of hydrogen-bond donors (Lipinski definition) is 26. The minimum Gasteiger partial charge on any atom is -0.507 e. The van der Waals surface area contributed by atoms with Crippen LogP contribution in [-0.4, -0.2) is 133 Å². The predicted octanol–water partition coefficient (Wildman–Crippen LogP) is 13.4. The summed E-state index contributed by atoms with van der Waals surface area (Å²) >= 11 is 0. The molecule has 0 spiro atoms. The molecule has 0 aliphatic heterocycles. The summed E-state index contributed by atoms with van der Waals surface area (Å²) in [7, 11) is 0. The third-order valence-corrected chi connectivity index (χ3v) is 22.6. The van der Waals surface area contributed by atoms with Gasteiger partial charge in [0.2, 0.25) is 0 Å². The van der Waals surface area contributed by atoms with Gasteiger partial charge in [-0.15, -0.1) is 0 Å². The maximum Gasteiger partial charge on any atom is 0.126 e. The number of aliphatic hydroxyl groups excluding tert-OH is 16. The molecule has 26 nitrogen and oxygen atoms in total. The van der Waals surface area contributed by atoms with Gasteiger partial charge in [0, 0.05) is 78.7 Å². The maximum atomic E-state index is 10.2. The SMILES string of the molecule is CC(C)(C)c1cc(CO)c(O)c(CO)c1.CCc1cc(CO)cc(CO)c1O.Cc1cc(CO)c(O)c(CO)c1.Cc1cc(CO)c(O)c(Cc2cc(C)cc(CO)c2O)c1.Cc1cc(CO)cc(CO)c1O.Cc1cc(Cc2cc(C)c(O)c(CO)c2)cc(CO)c1O.OCc1cc(C2CCCCC2)cc(CO)c1O.OCc1cc(CO)c(O)c(C2CCCCC2)c1. The Hall–Kier alpha value is -10.4. The van der Waals surface area contributed by atoms with Gasteiger partial charge in [-0.2, -0.15) is 0 Å². The quantitative estimate of drug-likeness (QED) is 0.0283. The van der Waals surface area contributed by atoms with Crippen molar-refractivity contribution >= 4 is 0 Å². The molecule has 0 aromatic heterocycles. The van der Waals surface area contributed by atoms with Crippen molar-refractivity contribution in [3.63, 3.8) is 0 Å². The van der Waals surface area contributed by atoms with Gasteiger partial charge in [-0.1, -0.05) is 138 Å². The van der Waals surface area contributed by atoms with Crippen LogP contribution in [0.1, 0.15) is 271 Å². The second-order valence-corrected chi connectivity index (χ2v) is 33.5. The van der Waals surface area contributed by atoms with Gasteiger partial charge < -0.3 is 133 Å². The van der Waals surface area contributed by atoms with Crippen molar-refractivity contribution in [2.75, 3.05) is 0 Å². The molecule has 26 heteroatoms. The molecule has 0 saturated heterocycles. The van der Waals surface area contributed by atoms with Crippen LogP contribution in [0.4, 0.5) is 0 Å². The first-order valence-corrected chi connectivity index (χ1v) is 42.9. The molecule has 2 aliphatic rings. The summed E-state index contributed by atoms with van der Waals surface area (Å²) in [5.41, 5.74) is 20.3. The fourth-order valence-electron chi connectivity index (χ4n) is 15.6. The summed E-state index contributed by atoms with van der Waals surface area (Å²) in [5.74, 6) is 1.73. The summed E-state index contributed by atoms with van der Waals surface area (Å²) in [5, 5.41) is 243. The van der Waals surface area contributed by atoms with Gasteiger partial charge in [0.15, 0.2) is 0 Å². The molecule has 2 saturated carbocycles. The van der Waals surface area contributed by atoms with Crippen molar-refractivity contribution in [2.45, 2.75) is 276 Å². The van der Waals surface area contributed by atoms with E-state index in [-0.39, 0.29) is 169 Å². The Morgan fingerprint density at radius 2 is 0.461 bits per heavy atom. The highest BCUT2D eigenvalue weighted by molar-refractivity contribution is 5.54. The Kier molecular flexibility index (Phi) is 45.2. The van der Waals surface area contributed by atoms with Gasteiger partial charge in [0.25, 0.3) is 0 Å². The third-order valence-electron chi connectivity index (χ3n) is 22.6. The average Bonchev–Trinajstić information content (AvgIpc) is 0.807. The van der Waals surface area contributed by atoms with E-state index < -0.39 is 0 Å². The molecule has 0 atom stereocenters. The predicted molar refractivity (Wildman–Crippen MR) is 490 cm³/mol. The standard InChI is InChI=1S/2C17H20O4.2C14H20O3.C12H18O3.C10H14O3.2C9H12O3/c1-10-3-12(6-14(8-18)16(10)20)5-13-4-11(2)17(21)15(7-13)9-19;1-10-3-12(16(20)14(5-10)8-18)7-13-4-11(2)6-15(9-19)17(13)21;15-8-10-6-12(9-16)14(17)13(7-10)11-4-2-1-3-5-11;15-8-12-6-11(7-13(9-16)14(12)17)10-4-2-1-3-5-10;1-12(2,3)10-4-8(6-13)11(15)9(5-10)7-14;1-2-8-3-7(5-11)4-9(6-12)10(8)13;1-6-2-7(4-10)3-8(5-11)9(6)12;1-6-2-7(4-10)9(12)8(3-6)5-11/h3-4,6-7,18-21H,5,8-9H2,1-2H3;3-6,18-21H,7-9H2,1-2H3;6-7,11,15-17H,1-5,8-9H2;6-7,10,15-17H,1-5,8-9H2;4-5,13-15H,6-7H2,1-3H3;3-4,11-13H,2,5-6H2,1H3;2*2-3,10-12H,4-5H2,1H3. The lowest BCUT2D eigenvalue weighted by atomic mass is 9.82. The summed E-state index contributed by atoms with van der Waals surface area (Å²) in [6.07, 6.45) is 13.6. The molecule has 2 aliphatic carbocycles. The monoisotopic (exact) mass is 1780 g/mol. The Labute approximate surface area is 750 Å². The van der Waals surface area contributed by atoms with E-state index in [4.69, 9.17) is 40.9 Å². The Morgan fingerprint density at radius 3 is 0.773 bits per heavy atom. The number of aryl methyl sites for hydroxylation is 7. The van der Waals surface area contributed by atoms with Gasteiger partial charge in [-0.25, -0.2) is 0 Å². The van der Waals surface area contributed by atoms with Crippen LogP contribution < -0.4 is 0 Å². The molecule has 700 valence electrons. The number of hydrogen-bond acceptors (Lipinski definition) is 26. The Bertz CT molecular complexity index is 4950. The number of phenols is 10. The molecule has 10 aromatic carbocycles. The zero-order chi connectivity index (χ0) is 95.4. The second kappa shape index (κ2) is 53.5. The smallest absolute Gasteiger partial charge is 0.126 e. The normalized spacial score (nSPS) is 12.5. The van der Waals surface area contributed by atoms with Crippen molar-refractivity contribution < 1.29 is 133 Å². The van der Waals surface area contributed by atoms with E-state index in [2.05, 4.69) is 0 Å². The van der Waals surface area contributed by atoms with Crippen LogP contribution in [0.5, 0.6) is 57.5 Å². The summed E-state index contributed by atoms with van der Waals surface area (Å²) in [6.45, 7) is 16.1. The van der Waals surface area contributed by atoms with Crippen molar-refractivity contribution in [2.24, 2.45) is 0 Å². The molecule has 0 bridgehead atoms. The highest BCUT2D eigenvalue weighted by Gasteiger charge is 2.24. The zero-order valence-corrected chi connectivity index (χ0v) is 75.3. The minimum atomic E-state index is -0.234. The molecular weight excluding hydrogens is 1640 g/mol. The van der Waals surface area contributed by atoms with Gasteiger partial charge in [-0.05, 0) is 242 Å². The molecule has 0 unspecified atom stereocenters. The van der Waals surface area contributed by atoms with Crippen LogP contribution in [0.15, 0.2) is 121 Å². The number of rotatable bonds is 23. The molecule has 2 fully saturated rings. The highest BCUT2D eigenvalue weighted by atomic mass is 16.3. The van der Waals surface area contributed by atoms with Crippen LogP contribution in [0.25, 0.3) is 0 Å². The molecule has 26 N–H and O–H groups in total. The van der Waals surface area contributed by atoms with E-state index in [1.165, 1.54) is 51.4 Å². The van der Waals surface area contributed by atoms with Crippen molar-refractivity contribution in [3.8, 4) is 57.5 Å². The van der Waals surface area contributed by atoms with Crippen LogP contribution in [0.2, 0.25) is 0 Å². The second-order valence-electron chi connectivity index (χ2n) is 33.5. The number of aromatic hydroxyl groups is 10.